The summed E-state index contributed by atoms with van der Waals surface area (Å²) in [6.07, 6.45) is 1.94. The number of benzene rings is 1. The van der Waals surface area contributed by atoms with Crippen molar-refractivity contribution in [1.29, 1.82) is 0 Å². The number of carbonyl (C=O) groups is 2. The molecule has 1 aliphatic heterocycles. The standard InChI is InChI=1S/C16H17NO3/c18-15(17-8-9-4-2-1-3-5-9)13-10-6-11-12(7-10)20-16(19)14(11)13/h1-5,10-14H,6-8H2,(H,17,18)/t10-,11-,12-,13-,14+/m1/s1. The summed E-state index contributed by atoms with van der Waals surface area (Å²) in [7, 11) is 0. The predicted molar refractivity (Wildman–Crippen MR) is 71.4 cm³/mol. The van der Waals surface area contributed by atoms with Gasteiger partial charge in [-0.25, -0.2) is 0 Å². The SMILES string of the molecule is O=C(NCc1ccccc1)[C@@H]1[C@@H]2C[C@H]3[C@@H]1C(=O)O[C@@H]3C2. The predicted octanol–water partition coefficient (Wildman–Crippen LogP) is 1.50. The molecule has 0 spiro atoms. The van der Waals surface area contributed by atoms with Gasteiger partial charge in [0.2, 0.25) is 5.91 Å². The van der Waals surface area contributed by atoms with E-state index < -0.39 is 0 Å². The highest BCUT2D eigenvalue weighted by Gasteiger charge is 2.63. The Labute approximate surface area is 117 Å². The third-order valence-corrected chi connectivity index (χ3v) is 5.10. The van der Waals surface area contributed by atoms with E-state index in [2.05, 4.69) is 5.32 Å². The molecule has 3 aliphatic rings. The van der Waals surface area contributed by atoms with E-state index >= 15 is 0 Å². The summed E-state index contributed by atoms with van der Waals surface area (Å²) in [6.45, 7) is 0.527. The van der Waals surface area contributed by atoms with Crippen molar-refractivity contribution in [3.8, 4) is 0 Å². The molecule has 1 aromatic carbocycles. The fourth-order valence-electron chi connectivity index (χ4n) is 4.27. The van der Waals surface area contributed by atoms with E-state index in [1.807, 2.05) is 30.3 Å². The molecule has 5 atom stereocenters. The van der Waals surface area contributed by atoms with Gasteiger partial charge in [0, 0.05) is 12.5 Å². The largest absolute Gasteiger partial charge is 0.462 e. The van der Waals surface area contributed by atoms with E-state index in [9.17, 15) is 9.59 Å². The van der Waals surface area contributed by atoms with Crippen LogP contribution in [0.5, 0.6) is 0 Å². The van der Waals surface area contributed by atoms with Gasteiger partial charge >= 0.3 is 5.97 Å². The molecule has 1 heterocycles. The van der Waals surface area contributed by atoms with Crippen molar-refractivity contribution in [3.05, 3.63) is 35.9 Å². The Morgan fingerprint density at radius 2 is 2.05 bits per heavy atom. The lowest BCUT2D eigenvalue weighted by atomic mass is 9.79. The second-order valence-corrected chi connectivity index (χ2v) is 6.13. The molecule has 0 unspecified atom stereocenters. The topological polar surface area (TPSA) is 55.4 Å². The minimum Gasteiger partial charge on any atom is -0.462 e. The zero-order chi connectivity index (χ0) is 13.7. The lowest BCUT2D eigenvalue weighted by Gasteiger charge is -2.23. The van der Waals surface area contributed by atoms with Gasteiger partial charge in [0.1, 0.15) is 6.10 Å². The number of amides is 1. The van der Waals surface area contributed by atoms with E-state index in [0.717, 1.165) is 18.4 Å². The fourth-order valence-corrected chi connectivity index (χ4v) is 4.27. The third kappa shape index (κ3) is 1.67. The minimum absolute atomic E-state index is 0.0173. The molecule has 20 heavy (non-hydrogen) atoms. The van der Waals surface area contributed by atoms with E-state index in [1.54, 1.807) is 0 Å². The number of carbonyl (C=O) groups excluding carboxylic acids is 2. The van der Waals surface area contributed by atoms with Gasteiger partial charge in [-0.05, 0) is 24.3 Å². The lowest BCUT2D eigenvalue weighted by molar-refractivity contribution is -0.146. The second kappa shape index (κ2) is 4.33. The fraction of sp³-hybridized carbons (Fsp3) is 0.500. The zero-order valence-electron chi connectivity index (χ0n) is 11.1. The van der Waals surface area contributed by atoms with Gasteiger partial charge in [-0.15, -0.1) is 0 Å². The van der Waals surface area contributed by atoms with Gasteiger partial charge in [0.15, 0.2) is 0 Å². The van der Waals surface area contributed by atoms with Gasteiger partial charge in [0.25, 0.3) is 0 Å². The Balaban J connectivity index is 1.46. The average molecular weight is 271 g/mol. The number of nitrogens with one attached hydrogen (secondary N) is 1. The molecule has 2 saturated carbocycles. The van der Waals surface area contributed by atoms with Crippen LogP contribution < -0.4 is 5.32 Å². The molecule has 4 nitrogen and oxygen atoms in total. The average Bonchev–Trinajstić information content (AvgIpc) is 3.07. The number of hydrogen-bond donors (Lipinski definition) is 1. The molecule has 1 aromatic rings. The first-order chi connectivity index (χ1) is 9.74. The molecule has 2 bridgehead atoms. The highest BCUT2D eigenvalue weighted by Crippen LogP contribution is 2.57. The summed E-state index contributed by atoms with van der Waals surface area (Å²) in [4.78, 5) is 24.3. The Bertz CT molecular complexity index is 554. The molecule has 3 fully saturated rings. The Kier molecular flexibility index (Phi) is 2.59. The van der Waals surface area contributed by atoms with E-state index in [1.165, 1.54) is 0 Å². The monoisotopic (exact) mass is 271 g/mol. The van der Waals surface area contributed by atoms with Crippen molar-refractivity contribution in [3.63, 3.8) is 0 Å². The first kappa shape index (κ1) is 11.9. The summed E-state index contributed by atoms with van der Waals surface area (Å²) in [5, 5.41) is 2.98. The summed E-state index contributed by atoms with van der Waals surface area (Å²) in [6, 6.07) is 9.84. The van der Waals surface area contributed by atoms with Crippen molar-refractivity contribution in [2.75, 3.05) is 0 Å². The second-order valence-electron chi connectivity index (χ2n) is 6.13. The zero-order valence-corrected chi connectivity index (χ0v) is 11.1. The highest BCUT2D eigenvalue weighted by molar-refractivity contribution is 5.88. The summed E-state index contributed by atoms with van der Waals surface area (Å²) < 4.78 is 5.36. The molecule has 1 amide bonds. The molecule has 0 aromatic heterocycles. The molecule has 4 rings (SSSR count). The van der Waals surface area contributed by atoms with Crippen LogP contribution in [0.15, 0.2) is 30.3 Å². The minimum atomic E-state index is -0.186. The molecular weight excluding hydrogens is 254 g/mol. The lowest BCUT2D eigenvalue weighted by Crippen LogP contribution is -2.39. The first-order valence-corrected chi connectivity index (χ1v) is 7.26. The van der Waals surface area contributed by atoms with E-state index in [-0.39, 0.29) is 29.8 Å². The maximum Gasteiger partial charge on any atom is 0.310 e. The quantitative estimate of drug-likeness (QED) is 0.848. The van der Waals surface area contributed by atoms with Crippen LogP contribution in [0.1, 0.15) is 18.4 Å². The number of ether oxygens (including phenoxy) is 1. The molecule has 0 radical (unpaired) electrons. The normalized spacial score (nSPS) is 37.0. The summed E-state index contributed by atoms with van der Waals surface area (Å²) in [5.74, 6) is 0.130. The number of hydrogen-bond acceptors (Lipinski definition) is 3. The van der Waals surface area contributed by atoms with Crippen molar-refractivity contribution in [2.45, 2.75) is 25.5 Å². The number of fused-ring (bicyclic) bond motifs is 1. The van der Waals surface area contributed by atoms with Gasteiger partial charge in [0.05, 0.1) is 11.8 Å². The van der Waals surface area contributed by atoms with Gasteiger partial charge in [-0.2, -0.15) is 0 Å². The maximum absolute atomic E-state index is 12.4. The van der Waals surface area contributed by atoms with Crippen LogP contribution in [-0.4, -0.2) is 18.0 Å². The van der Waals surface area contributed by atoms with Crippen LogP contribution in [0.3, 0.4) is 0 Å². The van der Waals surface area contributed by atoms with Crippen LogP contribution in [0.25, 0.3) is 0 Å². The van der Waals surface area contributed by atoms with Crippen LogP contribution in [0.2, 0.25) is 0 Å². The molecule has 2 aliphatic carbocycles. The highest BCUT2D eigenvalue weighted by atomic mass is 16.6. The molecule has 104 valence electrons. The summed E-state index contributed by atoms with van der Waals surface area (Å²) in [5.41, 5.74) is 1.08. The van der Waals surface area contributed by atoms with Crippen molar-refractivity contribution in [2.24, 2.45) is 23.7 Å². The molecule has 1 saturated heterocycles. The Morgan fingerprint density at radius 3 is 2.85 bits per heavy atom. The van der Waals surface area contributed by atoms with Crippen molar-refractivity contribution >= 4 is 11.9 Å². The number of esters is 1. The van der Waals surface area contributed by atoms with Gasteiger partial charge in [-0.1, -0.05) is 30.3 Å². The molecule has 4 heteroatoms. The first-order valence-electron chi connectivity index (χ1n) is 7.26. The smallest absolute Gasteiger partial charge is 0.310 e. The van der Waals surface area contributed by atoms with E-state index in [4.69, 9.17) is 4.74 Å². The van der Waals surface area contributed by atoms with Crippen LogP contribution in [0.4, 0.5) is 0 Å². The Hall–Kier alpha value is -1.84. The van der Waals surface area contributed by atoms with Gasteiger partial charge in [-0.3, -0.25) is 9.59 Å². The Morgan fingerprint density at radius 1 is 1.25 bits per heavy atom. The third-order valence-electron chi connectivity index (χ3n) is 5.10. The van der Waals surface area contributed by atoms with Crippen LogP contribution in [-0.2, 0) is 20.9 Å². The number of rotatable bonds is 3. The van der Waals surface area contributed by atoms with Crippen molar-refractivity contribution in [1.82, 2.24) is 5.32 Å². The molecular formula is C16H17NO3. The summed E-state index contributed by atoms with van der Waals surface area (Å²) >= 11 is 0. The van der Waals surface area contributed by atoms with E-state index in [0.29, 0.717) is 18.4 Å². The van der Waals surface area contributed by atoms with Crippen molar-refractivity contribution < 1.29 is 14.3 Å². The maximum atomic E-state index is 12.4. The van der Waals surface area contributed by atoms with Crippen LogP contribution in [0, 0.1) is 23.7 Å². The van der Waals surface area contributed by atoms with Gasteiger partial charge < -0.3 is 10.1 Å². The molecule has 1 N–H and O–H groups in total. The van der Waals surface area contributed by atoms with Crippen LogP contribution >= 0.6 is 0 Å².